The minimum absolute atomic E-state index is 0.00464. The Morgan fingerprint density at radius 1 is 1.19 bits per heavy atom. The van der Waals surface area contributed by atoms with Gasteiger partial charge in [0.05, 0.1) is 25.0 Å². The number of phenols is 1. The molecule has 1 amide bonds. The molecule has 2 unspecified atom stereocenters. The summed E-state index contributed by atoms with van der Waals surface area (Å²) < 4.78 is 13.4. The van der Waals surface area contributed by atoms with Gasteiger partial charge in [-0.25, -0.2) is 4.31 Å². The number of nitrogens with zero attached hydrogens (tertiary/aromatic N) is 1. The van der Waals surface area contributed by atoms with Gasteiger partial charge >= 0.3 is 0 Å². The Morgan fingerprint density at radius 3 is 2.71 bits per heavy atom. The number of aromatic hydroxyl groups is 1. The average molecular weight is 612 g/mol. The second-order valence-electron chi connectivity index (χ2n) is 10.0. The number of carbonyl (C=O) groups is 1. The van der Waals surface area contributed by atoms with E-state index in [0.717, 1.165) is 53.9 Å². The molecule has 3 atom stereocenters. The van der Waals surface area contributed by atoms with Crippen molar-refractivity contribution < 1.29 is 29.0 Å². The van der Waals surface area contributed by atoms with Crippen molar-refractivity contribution in [2.75, 3.05) is 13.2 Å². The van der Waals surface area contributed by atoms with Crippen molar-refractivity contribution >= 4 is 29.9 Å². The largest absolute Gasteiger partial charge is 0.508 e. The van der Waals surface area contributed by atoms with Gasteiger partial charge in [-0.3, -0.25) is 8.98 Å². The smallest absolute Gasteiger partial charge is 0.267 e. The van der Waals surface area contributed by atoms with Crippen LogP contribution in [-0.4, -0.2) is 55.5 Å². The lowest BCUT2D eigenvalue weighted by Crippen LogP contribution is -2.35. The molecule has 3 N–H and O–H groups in total. The van der Waals surface area contributed by atoms with Gasteiger partial charge in [-0.1, -0.05) is 61.8 Å². The maximum Gasteiger partial charge on any atom is 0.267 e. The van der Waals surface area contributed by atoms with E-state index in [1.54, 1.807) is 37.3 Å². The van der Waals surface area contributed by atoms with Crippen molar-refractivity contribution in [1.82, 2.24) is 4.31 Å². The molecular weight excluding hydrogens is 570 g/mol. The Labute approximate surface area is 258 Å². The van der Waals surface area contributed by atoms with Crippen LogP contribution in [-0.2, 0) is 15.4 Å². The van der Waals surface area contributed by atoms with E-state index in [9.17, 15) is 20.1 Å². The number of hydrogen-bond donors (Lipinski definition) is 3. The van der Waals surface area contributed by atoms with Crippen molar-refractivity contribution in [3.8, 4) is 11.5 Å². The molecule has 0 aliphatic carbocycles. The zero-order valence-corrected chi connectivity index (χ0v) is 25.9. The number of benzene rings is 1. The minimum atomic E-state index is -0.513. The second-order valence-corrected chi connectivity index (χ2v) is 12.2. The molecule has 1 aromatic rings. The summed E-state index contributed by atoms with van der Waals surface area (Å²) in [4.78, 5) is 12.1. The van der Waals surface area contributed by atoms with Crippen molar-refractivity contribution in [3.63, 3.8) is 0 Å². The average Bonchev–Trinajstić information content (AvgIpc) is 2.96. The van der Waals surface area contributed by atoms with Crippen molar-refractivity contribution in [2.45, 2.75) is 62.7 Å². The van der Waals surface area contributed by atoms with Crippen LogP contribution in [0.1, 0.15) is 43.7 Å². The number of carbonyl (C=O) groups excluding carboxylic acids is 1. The van der Waals surface area contributed by atoms with E-state index in [1.165, 1.54) is 16.1 Å². The number of ether oxygens (including phenoxy) is 1. The van der Waals surface area contributed by atoms with Crippen LogP contribution in [0.4, 0.5) is 0 Å². The molecule has 1 fully saturated rings. The van der Waals surface area contributed by atoms with Crippen LogP contribution in [0.15, 0.2) is 96.8 Å². The first-order valence-corrected chi connectivity index (χ1v) is 15.6. The molecule has 7 nitrogen and oxygen atoms in total. The molecule has 1 aromatic carbocycles. The van der Waals surface area contributed by atoms with Gasteiger partial charge in [-0.05, 0) is 68.4 Å². The first-order chi connectivity index (χ1) is 20.3. The summed E-state index contributed by atoms with van der Waals surface area (Å²) in [6.45, 7) is 11.5. The summed E-state index contributed by atoms with van der Waals surface area (Å²) in [5.41, 5.74) is 4.19. The fraction of sp³-hybridized carbons (Fsp3) is 0.364. The number of aliphatic hydroxyl groups excluding tert-OH is 2. The highest BCUT2D eigenvalue weighted by atomic mass is 32.2. The van der Waals surface area contributed by atoms with Gasteiger partial charge in [0.1, 0.15) is 29.2 Å². The van der Waals surface area contributed by atoms with Crippen LogP contribution in [0, 0.1) is 6.92 Å². The first-order valence-electron chi connectivity index (χ1n) is 14.0. The number of aliphatic hydroxyl groups is 2. The predicted molar refractivity (Wildman–Crippen MR) is 173 cm³/mol. The van der Waals surface area contributed by atoms with Gasteiger partial charge in [0.2, 0.25) is 0 Å². The van der Waals surface area contributed by atoms with Crippen molar-refractivity contribution in [2.24, 2.45) is 0 Å². The Hall–Kier alpha value is -2.95. The lowest BCUT2D eigenvalue weighted by molar-refractivity contribution is -0.123. The highest BCUT2D eigenvalue weighted by Gasteiger charge is 2.33. The summed E-state index contributed by atoms with van der Waals surface area (Å²) in [5.74, 6) is 0.709. The second kappa shape index (κ2) is 17.2. The van der Waals surface area contributed by atoms with Crippen LogP contribution in [0.25, 0.3) is 0 Å². The molecule has 2 heterocycles. The van der Waals surface area contributed by atoms with Crippen LogP contribution in [0.3, 0.4) is 0 Å². The number of hydrogen-bond acceptors (Lipinski definition) is 8. The van der Waals surface area contributed by atoms with Crippen LogP contribution < -0.4 is 4.74 Å². The number of thioether (sulfide) groups is 1. The number of amides is 1. The standard InChI is InChI=1S/C33H41NO6S2/c1-5-7-16-30-24(4)33(38)34(30)42-39-17-11-14-25(12-6-2)13-9-8-10-15-29-23(3)18-26(36)20-31(29)40-32-21-27(37)19-28(22-35)41-32/h5-7,9,11-14,16,18,20,27-28,32,35-37H,1-2,8,10,15,17,19,21-22H2,3-4H3/b13-9-,14-11+,16-7-,25-12+/t27-,28?,32?/m0/s1. The Morgan fingerprint density at radius 2 is 1.98 bits per heavy atom. The third kappa shape index (κ3) is 9.81. The molecular formula is C33H41NO6S2. The molecule has 9 heteroatoms. The maximum absolute atomic E-state index is 12.1. The Kier molecular flexibility index (Phi) is 13.8. The molecule has 226 valence electrons. The van der Waals surface area contributed by atoms with Gasteiger partial charge < -0.3 is 20.1 Å². The third-order valence-corrected chi connectivity index (χ3v) is 8.81. The Bertz CT molecular complexity index is 1270. The number of allylic oxidation sites excluding steroid dienone is 9. The van der Waals surface area contributed by atoms with Gasteiger partial charge in [0.25, 0.3) is 5.91 Å². The number of rotatable bonds is 16. The van der Waals surface area contributed by atoms with E-state index in [-0.39, 0.29) is 28.9 Å². The van der Waals surface area contributed by atoms with Gasteiger partial charge in [-0.15, -0.1) is 11.8 Å². The first kappa shape index (κ1) is 33.6. The molecule has 42 heavy (non-hydrogen) atoms. The lowest BCUT2D eigenvalue weighted by Gasteiger charge is -2.32. The number of unbranched alkanes of at least 4 members (excludes halogenated alkanes) is 1. The molecule has 0 aromatic heterocycles. The van der Waals surface area contributed by atoms with Gasteiger partial charge in [0, 0.05) is 23.3 Å². The minimum Gasteiger partial charge on any atom is -0.508 e. The van der Waals surface area contributed by atoms with E-state index >= 15 is 0 Å². The highest BCUT2D eigenvalue weighted by Crippen LogP contribution is 2.37. The van der Waals surface area contributed by atoms with Gasteiger partial charge in [-0.2, -0.15) is 0 Å². The van der Waals surface area contributed by atoms with E-state index in [0.29, 0.717) is 30.8 Å². The van der Waals surface area contributed by atoms with E-state index in [4.69, 9.17) is 8.92 Å². The predicted octanol–water partition coefficient (Wildman–Crippen LogP) is 6.64. The highest BCUT2D eigenvalue weighted by molar-refractivity contribution is 8.00. The van der Waals surface area contributed by atoms with Crippen LogP contribution in [0.5, 0.6) is 11.5 Å². The zero-order chi connectivity index (χ0) is 30.5. The third-order valence-electron chi connectivity index (χ3n) is 6.74. The number of aryl methyl sites for hydroxylation is 1. The summed E-state index contributed by atoms with van der Waals surface area (Å²) >= 11 is 2.54. The quantitative estimate of drug-likeness (QED) is 0.0828. The fourth-order valence-electron chi connectivity index (χ4n) is 4.60. The topological polar surface area (TPSA) is 99.5 Å². The monoisotopic (exact) mass is 611 g/mol. The summed E-state index contributed by atoms with van der Waals surface area (Å²) in [5, 5.41) is 29.9. The molecule has 0 radical (unpaired) electrons. The molecule has 0 saturated carbocycles. The SMILES string of the molecule is C=C/C=C\C1=C(C)C(=O)N1SOC/C=C/C(/C=C\CCCc1c(C)cc(O)cc1OC1C[C@@H](O)CC(CO)S1)=C/C=C. The van der Waals surface area contributed by atoms with Gasteiger partial charge in [0.15, 0.2) is 0 Å². The van der Waals surface area contributed by atoms with Crippen molar-refractivity contribution in [3.05, 3.63) is 108 Å². The molecule has 1 saturated heterocycles. The van der Waals surface area contributed by atoms with Crippen molar-refractivity contribution in [1.29, 1.82) is 0 Å². The molecule has 2 aliphatic heterocycles. The summed E-state index contributed by atoms with van der Waals surface area (Å²) in [7, 11) is 0. The lowest BCUT2D eigenvalue weighted by atomic mass is 10.0. The molecule has 0 spiro atoms. The molecule has 2 aliphatic rings. The van der Waals surface area contributed by atoms with E-state index < -0.39 is 6.10 Å². The molecule has 3 rings (SSSR count). The van der Waals surface area contributed by atoms with Crippen LogP contribution in [0.2, 0.25) is 0 Å². The normalized spacial score (nSPS) is 21.5. The molecule has 0 bridgehead atoms. The van der Waals surface area contributed by atoms with Crippen LogP contribution >= 0.6 is 24.0 Å². The zero-order valence-electron chi connectivity index (χ0n) is 24.3. The van der Waals surface area contributed by atoms with E-state index in [1.807, 2.05) is 37.3 Å². The summed E-state index contributed by atoms with van der Waals surface area (Å²) in [6.07, 6.45) is 19.9. The summed E-state index contributed by atoms with van der Waals surface area (Å²) in [6, 6.07) is 3.37. The fourth-order valence-corrected chi connectivity index (χ4v) is 6.67. The Balaban J connectivity index is 1.49. The maximum atomic E-state index is 12.1. The van der Waals surface area contributed by atoms with E-state index in [2.05, 4.69) is 19.2 Å². The number of phenolic OH excluding ortho intramolecular Hbond substituents is 1.